The zero-order valence-electron chi connectivity index (χ0n) is 10.8. The molecular weight excluding hydrogens is 274 g/mol. The molecule has 6 heteroatoms. The van der Waals surface area contributed by atoms with Crippen LogP contribution in [0.25, 0.3) is 0 Å². The van der Waals surface area contributed by atoms with Crippen molar-refractivity contribution in [3.63, 3.8) is 0 Å². The van der Waals surface area contributed by atoms with E-state index in [2.05, 4.69) is 22.1 Å². The number of benzene rings is 1. The first kappa shape index (κ1) is 14.1. The average molecular weight is 287 g/mol. The molecule has 2 rings (SSSR count). The molecule has 0 aliphatic heterocycles. The SMILES string of the molecule is COc1ccc(C#CCN)cc1NC(=O)c1cncs1. The topological polar surface area (TPSA) is 77.2 Å². The fourth-order valence-electron chi connectivity index (χ4n) is 1.55. The second-order valence-electron chi connectivity index (χ2n) is 3.74. The molecule has 0 saturated heterocycles. The van der Waals surface area contributed by atoms with Gasteiger partial charge in [0.2, 0.25) is 0 Å². The van der Waals surface area contributed by atoms with Crippen LogP contribution < -0.4 is 15.8 Å². The summed E-state index contributed by atoms with van der Waals surface area (Å²) >= 11 is 1.27. The zero-order chi connectivity index (χ0) is 14.4. The number of ether oxygens (including phenoxy) is 1. The summed E-state index contributed by atoms with van der Waals surface area (Å²) in [6.45, 7) is 0.286. The Balaban J connectivity index is 2.26. The van der Waals surface area contributed by atoms with Crippen LogP contribution in [0.5, 0.6) is 5.75 Å². The first-order valence-electron chi connectivity index (χ1n) is 5.81. The Morgan fingerprint density at radius 3 is 3.05 bits per heavy atom. The van der Waals surface area contributed by atoms with E-state index in [1.165, 1.54) is 17.5 Å². The minimum atomic E-state index is -0.227. The Kier molecular flexibility index (Phi) is 4.71. The molecule has 1 aromatic carbocycles. The predicted octanol–water partition coefficient (Wildman–Crippen LogP) is 1.71. The van der Waals surface area contributed by atoms with Gasteiger partial charge < -0.3 is 15.8 Å². The lowest BCUT2D eigenvalue weighted by Crippen LogP contribution is -2.11. The summed E-state index contributed by atoms with van der Waals surface area (Å²) in [5.74, 6) is 6.02. The lowest BCUT2D eigenvalue weighted by Gasteiger charge is -2.09. The fourth-order valence-corrected chi connectivity index (χ4v) is 2.06. The Morgan fingerprint density at radius 1 is 1.55 bits per heavy atom. The molecule has 0 spiro atoms. The van der Waals surface area contributed by atoms with E-state index in [0.29, 0.717) is 16.3 Å². The van der Waals surface area contributed by atoms with Crippen molar-refractivity contribution in [3.05, 3.63) is 40.3 Å². The highest BCUT2D eigenvalue weighted by molar-refractivity contribution is 7.11. The second-order valence-corrected chi connectivity index (χ2v) is 4.63. The van der Waals surface area contributed by atoms with Crippen molar-refractivity contribution in [2.75, 3.05) is 19.0 Å². The van der Waals surface area contributed by atoms with Crippen LogP contribution in [0.2, 0.25) is 0 Å². The maximum absolute atomic E-state index is 12.0. The maximum Gasteiger partial charge on any atom is 0.267 e. The average Bonchev–Trinajstić information content (AvgIpc) is 2.99. The summed E-state index contributed by atoms with van der Waals surface area (Å²) in [5, 5.41) is 2.79. The van der Waals surface area contributed by atoms with Crippen molar-refractivity contribution < 1.29 is 9.53 Å². The van der Waals surface area contributed by atoms with Crippen molar-refractivity contribution in [2.45, 2.75) is 0 Å². The van der Waals surface area contributed by atoms with Gasteiger partial charge in [0, 0.05) is 5.56 Å². The lowest BCUT2D eigenvalue weighted by atomic mass is 10.2. The van der Waals surface area contributed by atoms with Crippen LogP contribution in [0.4, 0.5) is 5.69 Å². The largest absolute Gasteiger partial charge is 0.495 e. The number of hydrogen-bond acceptors (Lipinski definition) is 5. The number of aromatic nitrogens is 1. The van der Waals surface area contributed by atoms with E-state index in [4.69, 9.17) is 10.5 Å². The number of anilines is 1. The number of carbonyl (C=O) groups is 1. The third-order valence-electron chi connectivity index (χ3n) is 2.44. The summed E-state index contributed by atoms with van der Waals surface area (Å²) in [6.07, 6.45) is 1.52. The summed E-state index contributed by atoms with van der Waals surface area (Å²) in [6, 6.07) is 5.31. The molecule has 2 aromatic rings. The molecule has 0 aliphatic rings. The Morgan fingerprint density at radius 2 is 2.40 bits per heavy atom. The Bertz CT molecular complexity index is 657. The molecule has 0 unspecified atom stereocenters. The number of nitrogens with one attached hydrogen (secondary N) is 1. The first-order chi connectivity index (χ1) is 9.74. The molecule has 0 aliphatic carbocycles. The van der Waals surface area contributed by atoms with E-state index in [1.54, 1.807) is 24.8 Å². The number of amides is 1. The third kappa shape index (κ3) is 3.35. The van der Waals surface area contributed by atoms with Crippen LogP contribution in [0.15, 0.2) is 29.9 Å². The van der Waals surface area contributed by atoms with Gasteiger partial charge in [0.05, 0.1) is 31.0 Å². The summed E-state index contributed by atoms with van der Waals surface area (Å²) < 4.78 is 5.22. The van der Waals surface area contributed by atoms with Gasteiger partial charge >= 0.3 is 0 Å². The molecule has 3 N–H and O–H groups in total. The van der Waals surface area contributed by atoms with Gasteiger partial charge in [-0.05, 0) is 18.2 Å². The van der Waals surface area contributed by atoms with Crippen molar-refractivity contribution in [2.24, 2.45) is 5.73 Å². The van der Waals surface area contributed by atoms with Crippen LogP contribution in [0.3, 0.4) is 0 Å². The van der Waals surface area contributed by atoms with Gasteiger partial charge in [-0.2, -0.15) is 0 Å². The van der Waals surface area contributed by atoms with Gasteiger partial charge in [-0.15, -0.1) is 11.3 Å². The molecule has 5 nitrogen and oxygen atoms in total. The molecule has 1 amide bonds. The first-order valence-corrected chi connectivity index (χ1v) is 6.69. The molecule has 0 radical (unpaired) electrons. The van der Waals surface area contributed by atoms with E-state index in [0.717, 1.165) is 5.56 Å². The third-order valence-corrected chi connectivity index (χ3v) is 3.21. The van der Waals surface area contributed by atoms with E-state index in [1.807, 2.05) is 6.07 Å². The standard InChI is InChI=1S/C14H13N3O2S/c1-19-12-5-4-10(3-2-6-15)7-11(12)17-14(18)13-8-16-9-20-13/h4-5,7-9H,6,15H2,1H3,(H,17,18). The molecule has 0 fully saturated rings. The van der Waals surface area contributed by atoms with Gasteiger partial charge in [0.1, 0.15) is 10.6 Å². The quantitative estimate of drug-likeness (QED) is 0.843. The highest BCUT2D eigenvalue weighted by atomic mass is 32.1. The van der Waals surface area contributed by atoms with Crippen molar-refractivity contribution in [1.29, 1.82) is 0 Å². The highest BCUT2D eigenvalue weighted by Crippen LogP contribution is 2.26. The fraction of sp³-hybridized carbons (Fsp3) is 0.143. The zero-order valence-corrected chi connectivity index (χ0v) is 11.7. The highest BCUT2D eigenvalue weighted by Gasteiger charge is 2.11. The number of nitrogens with two attached hydrogens (primary N) is 1. The van der Waals surface area contributed by atoms with Crippen LogP contribution in [-0.4, -0.2) is 24.5 Å². The molecule has 1 heterocycles. The Hall–Kier alpha value is -2.36. The van der Waals surface area contributed by atoms with Crippen molar-refractivity contribution in [1.82, 2.24) is 4.98 Å². The van der Waals surface area contributed by atoms with Gasteiger partial charge in [0.25, 0.3) is 5.91 Å². The van der Waals surface area contributed by atoms with Crippen LogP contribution in [-0.2, 0) is 0 Å². The van der Waals surface area contributed by atoms with E-state index in [-0.39, 0.29) is 12.5 Å². The number of carbonyl (C=O) groups excluding carboxylic acids is 1. The summed E-state index contributed by atoms with van der Waals surface area (Å²) in [5.41, 5.74) is 8.27. The van der Waals surface area contributed by atoms with Gasteiger partial charge in [-0.25, -0.2) is 0 Å². The molecule has 20 heavy (non-hydrogen) atoms. The molecule has 0 atom stereocenters. The normalized spacial score (nSPS) is 9.50. The molecule has 0 saturated carbocycles. The number of thiazole rings is 1. The smallest absolute Gasteiger partial charge is 0.267 e. The van der Waals surface area contributed by atoms with E-state index in [9.17, 15) is 4.79 Å². The molecule has 1 aromatic heterocycles. The van der Waals surface area contributed by atoms with Crippen molar-refractivity contribution in [3.8, 4) is 17.6 Å². The van der Waals surface area contributed by atoms with Gasteiger partial charge in [-0.3, -0.25) is 9.78 Å². The minimum absolute atomic E-state index is 0.227. The number of nitrogens with zero attached hydrogens (tertiary/aromatic N) is 1. The molecule has 0 bridgehead atoms. The van der Waals surface area contributed by atoms with E-state index < -0.39 is 0 Å². The van der Waals surface area contributed by atoms with Gasteiger partial charge in [-0.1, -0.05) is 11.8 Å². The van der Waals surface area contributed by atoms with Crippen LogP contribution >= 0.6 is 11.3 Å². The summed E-state index contributed by atoms with van der Waals surface area (Å²) in [4.78, 5) is 16.4. The second kappa shape index (κ2) is 6.70. The lowest BCUT2D eigenvalue weighted by molar-refractivity contribution is 0.103. The van der Waals surface area contributed by atoms with Crippen molar-refractivity contribution >= 4 is 22.9 Å². The number of methoxy groups -OCH3 is 1. The number of rotatable bonds is 3. The number of hydrogen-bond donors (Lipinski definition) is 2. The molecule has 102 valence electrons. The molecular formula is C14H13N3O2S. The predicted molar refractivity (Wildman–Crippen MR) is 79.0 cm³/mol. The maximum atomic E-state index is 12.0. The minimum Gasteiger partial charge on any atom is -0.495 e. The monoisotopic (exact) mass is 287 g/mol. The van der Waals surface area contributed by atoms with Gasteiger partial charge in [0.15, 0.2) is 0 Å². The van der Waals surface area contributed by atoms with Crippen LogP contribution in [0.1, 0.15) is 15.2 Å². The van der Waals surface area contributed by atoms with Crippen LogP contribution in [0, 0.1) is 11.8 Å². The summed E-state index contributed by atoms with van der Waals surface area (Å²) in [7, 11) is 1.54. The Labute approximate surface area is 120 Å². The van der Waals surface area contributed by atoms with E-state index >= 15 is 0 Å².